The number of hydrogen-bond acceptors (Lipinski definition) is 6. The van der Waals surface area contributed by atoms with Gasteiger partial charge in [-0.2, -0.15) is 0 Å². The molecule has 2 aromatic rings. The van der Waals surface area contributed by atoms with Crippen molar-refractivity contribution < 1.29 is 19.4 Å². The van der Waals surface area contributed by atoms with Gasteiger partial charge in [0.05, 0.1) is 12.9 Å². The largest absolute Gasteiger partial charge is 0.491 e. The molecule has 3 unspecified atom stereocenters. The minimum absolute atomic E-state index is 0.0586. The first kappa shape index (κ1) is 24.5. The number of nitrogens with zero attached hydrogens (tertiary/aromatic N) is 6. The van der Waals surface area contributed by atoms with Crippen LogP contribution in [-0.4, -0.2) is 99.4 Å². The topological polar surface area (TPSA) is 116 Å². The van der Waals surface area contributed by atoms with Gasteiger partial charge in [0.2, 0.25) is 0 Å². The van der Waals surface area contributed by atoms with E-state index in [2.05, 4.69) is 15.3 Å². The fourth-order valence-electron chi connectivity index (χ4n) is 4.29. The molecule has 11 nitrogen and oxygen atoms in total. The number of likely N-dealkylation sites (N-methyl/N-ethyl adjacent to an activating group) is 2. The highest BCUT2D eigenvalue weighted by Crippen LogP contribution is 2.25. The first-order valence-electron chi connectivity index (χ1n) is 11.7. The SMILES string of the molecule is Cc1ccc(OCC(O)CN2C(=NCCCn3ccnc3)NC3C2C(=O)N(C)C(=O)N3C)cc1C. The Labute approximate surface area is 205 Å². The summed E-state index contributed by atoms with van der Waals surface area (Å²) in [5, 5.41) is 14.0. The molecule has 2 saturated heterocycles. The molecule has 2 fully saturated rings. The van der Waals surface area contributed by atoms with E-state index in [4.69, 9.17) is 4.74 Å². The molecule has 2 aliphatic rings. The standard InChI is InChI=1S/C24H33N7O4/c1-16-6-7-19(12-17(16)2)35-14-18(32)13-31-20-21(28(3)24(34)29(4)22(20)33)27-23(31)26-8-5-10-30-11-9-25-15-30/h6-7,9,11-12,15,18,20-21,32H,5,8,10,13-14H2,1-4H3,(H,26,27). The summed E-state index contributed by atoms with van der Waals surface area (Å²) in [6, 6.07) is 4.71. The summed E-state index contributed by atoms with van der Waals surface area (Å²) < 4.78 is 7.78. The van der Waals surface area contributed by atoms with E-state index >= 15 is 0 Å². The summed E-state index contributed by atoms with van der Waals surface area (Å²) in [6.45, 7) is 5.49. The molecule has 0 aliphatic carbocycles. The second-order valence-corrected chi connectivity index (χ2v) is 9.05. The number of β-amino-alcohol motifs (C(OH)–C–C–N with tert-alkyl or cyclic N) is 1. The maximum absolute atomic E-state index is 13.1. The van der Waals surface area contributed by atoms with E-state index in [0.717, 1.165) is 23.4 Å². The van der Waals surface area contributed by atoms with Gasteiger partial charge in [-0.25, -0.2) is 9.78 Å². The third kappa shape index (κ3) is 5.24. The van der Waals surface area contributed by atoms with Crippen LogP contribution in [-0.2, 0) is 11.3 Å². The number of carbonyl (C=O) groups is 2. The Kier molecular flexibility index (Phi) is 7.25. The molecular weight excluding hydrogens is 450 g/mol. The number of nitrogens with one attached hydrogen (secondary N) is 1. The van der Waals surface area contributed by atoms with Gasteiger partial charge in [0.1, 0.15) is 24.6 Å². The van der Waals surface area contributed by atoms with Crippen LogP contribution in [0.5, 0.6) is 5.75 Å². The smallest absolute Gasteiger partial charge is 0.327 e. The van der Waals surface area contributed by atoms with Crippen molar-refractivity contribution in [3.05, 3.63) is 48.0 Å². The molecule has 0 spiro atoms. The van der Waals surface area contributed by atoms with E-state index < -0.39 is 18.3 Å². The van der Waals surface area contributed by atoms with Crippen LogP contribution in [0.1, 0.15) is 17.5 Å². The quantitative estimate of drug-likeness (QED) is 0.507. The first-order valence-corrected chi connectivity index (χ1v) is 11.7. The molecule has 3 amide bonds. The molecule has 4 rings (SSSR count). The highest BCUT2D eigenvalue weighted by atomic mass is 16.5. The molecule has 1 aromatic carbocycles. The minimum atomic E-state index is -0.880. The number of urea groups is 1. The minimum Gasteiger partial charge on any atom is -0.491 e. The molecular formula is C24H33N7O4. The van der Waals surface area contributed by atoms with Crippen molar-refractivity contribution in [3.63, 3.8) is 0 Å². The van der Waals surface area contributed by atoms with Crippen molar-refractivity contribution in [2.75, 3.05) is 33.8 Å². The number of carbonyl (C=O) groups excluding carboxylic acids is 2. The molecule has 35 heavy (non-hydrogen) atoms. The van der Waals surface area contributed by atoms with Gasteiger partial charge in [0.15, 0.2) is 12.0 Å². The number of aliphatic hydroxyl groups excluding tert-OH is 1. The molecule has 11 heteroatoms. The van der Waals surface area contributed by atoms with Crippen LogP contribution >= 0.6 is 0 Å². The van der Waals surface area contributed by atoms with E-state index in [1.165, 1.54) is 17.5 Å². The van der Waals surface area contributed by atoms with E-state index in [0.29, 0.717) is 18.3 Å². The van der Waals surface area contributed by atoms with Gasteiger partial charge >= 0.3 is 6.03 Å². The lowest BCUT2D eigenvalue weighted by molar-refractivity contribution is -0.136. The van der Waals surface area contributed by atoms with Crippen molar-refractivity contribution >= 4 is 17.9 Å². The summed E-state index contributed by atoms with van der Waals surface area (Å²) in [5.41, 5.74) is 2.27. The number of aromatic nitrogens is 2. The maximum Gasteiger partial charge on any atom is 0.327 e. The second kappa shape index (κ2) is 10.3. The maximum atomic E-state index is 13.1. The lowest BCUT2D eigenvalue weighted by atomic mass is 10.1. The van der Waals surface area contributed by atoms with E-state index in [1.807, 2.05) is 42.8 Å². The van der Waals surface area contributed by atoms with Gasteiger partial charge in [-0.1, -0.05) is 6.07 Å². The van der Waals surface area contributed by atoms with Crippen LogP contribution in [0.2, 0.25) is 0 Å². The lowest BCUT2D eigenvalue weighted by Gasteiger charge is -2.39. The zero-order valence-corrected chi connectivity index (χ0v) is 20.6. The Morgan fingerprint density at radius 1 is 1.23 bits per heavy atom. The molecule has 3 atom stereocenters. The predicted octanol–water partition coefficient (Wildman–Crippen LogP) is 0.810. The molecule has 188 valence electrons. The average molecular weight is 484 g/mol. The summed E-state index contributed by atoms with van der Waals surface area (Å²) in [5.74, 6) is 0.826. The fourth-order valence-corrected chi connectivity index (χ4v) is 4.29. The van der Waals surface area contributed by atoms with Gasteiger partial charge in [-0.05, 0) is 43.5 Å². The monoisotopic (exact) mass is 483 g/mol. The number of benzene rings is 1. The number of guanidine groups is 1. The van der Waals surface area contributed by atoms with Crippen LogP contribution in [0.25, 0.3) is 0 Å². The molecule has 0 bridgehead atoms. The normalized spacial score (nSPS) is 22.0. The average Bonchev–Trinajstić information content (AvgIpc) is 3.48. The second-order valence-electron chi connectivity index (χ2n) is 9.05. The van der Waals surface area contributed by atoms with E-state index in [1.54, 1.807) is 24.5 Å². The Balaban J connectivity index is 1.46. The molecule has 2 N–H and O–H groups in total. The van der Waals surface area contributed by atoms with Crippen LogP contribution in [0, 0.1) is 13.8 Å². The number of ether oxygens (including phenoxy) is 1. The lowest BCUT2D eigenvalue weighted by Crippen LogP contribution is -2.65. The summed E-state index contributed by atoms with van der Waals surface area (Å²) in [4.78, 5) is 38.6. The van der Waals surface area contributed by atoms with Crippen molar-refractivity contribution in [3.8, 4) is 5.75 Å². The number of imide groups is 1. The van der Waals surface area contributed by atoms with Crippen LogP contribution in [0.15, 0.2) is 41.9 Å². The number of aliphatic hydroxyl groups is 1. The molecule has 1 aromatic heterocycles. The molecule has 0 saturated carbocycles. The Hall–Kier alpha value is -3.60. The van der Waals surface area contributed by atoms with Crippen molar-refractivity contribution in [2.24, 2.45) is 4.99 Å². The highest BCUT2D eigenvalue weighted by Gasteiger charge is 2.52. The number of fused-ring (bicyclic) bond motifs is 1. The van der Waals surface area contributed by atoms with Gasteiger partial charge in [-0.15, -0.1) is 0 Å². The van der Waals surface area contributed by atoms with Gasteiger partial charge in [0.25, 0.3) is 5.91 Å². The van der Waals surface area contributed by atoms with Gasteiger partial charge in [-0.3, -0.25) is 14.7 Å². The summed E-state index contributed by atoms with van der Waals surface area (Å²) in [7, 11) is 3.12. The van der Waals surface area contributed by atoms with Crippen LogP contribution < -0.4 is 10.1 Å². The fraction of sp³-hybridized carbons (Fsp3) is 0.500. The Morgan fingerprint density at radius 3 is 2.74 bits per heavy atom. The predicted molar refractivity (Wildman–Crippen MR) is 130 cm³/mol. The van der Waals surface area contributed by atoms with E-state index in [-0.39, 0.29) is 25.1 Å². The number of amides is 3. The zero-order chi connectivity index (χ0) is 25.1. The van der Waals surface area contributed by atoms with Crippen molar-refractivity contribution in [2.45, 2.75) is 45.1 Å². The highest BCUT2D eigenvalue weighted by molar-refractivity contribution is 6.04. The molecule has 2 aliphatic heterocycles. The third-order valence-electron chi connectivity index (χ3n) is 6.50. The number of hydrogen-bond donors (Lipinski definition) is 2. The Morgan fingerprint density at radius 2 is 2.03 bits per heavy atom. The molecule has 3 heterocycles. The first-order chi connectivity index (χ1) is 16.8. The van der Waals surface area contributed by atoms with E-state index in [9.17, 15) is 14.7 Å². The number of aliphatic imine (C=N–C) groups is 1. The number of imidazole rings is 1. The molecule has 0 radical (unpaired) electrons. The number of aryl methyl sites for hydroxylation is 3. The zero-order valence-electron chi connectivity index (χ0n) is 20.6. The van der Waals surface area contributed by atoms with Crippen LogP contribution in [0.3, 0.4) is 0 Å². The van der Waals surface area contributed by atoms with Crippen molar-refractivity contribution in [1.29, 1.82) is 0 Å². The third-order valence-corrected chi connectivity index (χ3v) is 6.50. The van der Waals surface area contributed by atoms with Gasteiger partial charge < -0.3 is 29.5 Å². The van der Waals surface area contributed by atoms with Crippen LogP contribution in [0.4, 0.5) is 4.79 Å². The van der Waals surface area contributed by atoms with Crippen molar-refractivity contribution in [1.82, 2.24) is 29.6 Å². The Bertz CT molecular complexity index is 1090. The summed E-state index contributed by atoms with van der Waals surface area (Å²) in [6.07, 6.45) is 4.70. The number of rotatable bonds is 9. The summed E-state index contributed by atoms with van der Waals surface area (Å²) >= 11 is 0. The van der Waals surface area contributed by atoms with Gasteiger partial charge in [0, 0.05) is 39.6 Å².